The molecule has 9 heteroatoms. The standard InChI is InChI=1S/C20H23N7OS/c1-12-8-19(27-26-12)23-18-10-17(22-14-4-6-28-7-5-14)24-20(25-18)13-2-3-15-16(9-13)29-11-21-15/h2-3,8-10,14,21H,4-7,11H2,1H3,(H3,22,23,24,25,26,27). The summed E-state index contributed by atoms with van der Waals surface area (Å²) in [6.45, 7) is 3.53. The Balaban J connectivity index is 1.48. The molecule has 2 aliphatic heterocycles. The number of thioether (sulfide) groups is 1. The molecule has 150 valence electrons. The Kier molecular flexibility index (Phi) is 4.99. The Morgan fingerprint density at radius 1 is 1.07 bits per heavy atom. The molecule has 0 bridgehead atoms. The van der Waals surface area contributed by atoms with Crippen molar-refractivity contribution >= 4 is 34.9 Å². The van der Waals surface area contributed by atoms with Gasteiger partial charge in [0, 0.05) is 53.2 Å². The number of benzene rings is 1. The summed E-state index contributed by atoms with van der Waals surface area (Å²) in [6, 6.07) is 10.5. The maximum absolute atomic E-state index is 5.47. The summed E-state index contributed by atoms with van der Waals surface area (Å²) in [4.78, 5) is 10.8. The van der Waals surface area contributed by atoms with E-state index in [1.54, 1.807) is 11.8 Å². The van der Waals surface area contributed by atoms with Gasteiger partial charge >= 0.3 is 0 Å². The van der Waals surface area contributed by atoms with Crippen LogP contribution in [0.4, 0.5) is 23.1 Å². The number of nitrogens with one attached hydrogen (secondary N) is 4. The molecule has 0 spiro atoms. The molecule has 0 unspecified atom stereocenters. The number of hydrogen-bond donors (Lipinski definition) is 4. The zero-order valence-corrected chi connectivity index (χ0v) is 17.0. The molecule has 0 amide bonds. The minimum absolute atomic E-state index is 0.353. The minimum atomic E-state index is 0.353. The molecule has 1 aromatic carbocycles. The average Bonchev–Trinajstić information content (AvgIpc) is 3.36. The van der Waals surface area contributed by atoms with Crippen LogP contribution in [-0.2, 0) is 4.74 Å². The SMILES string of the molecule is Cc1cc(Nc2cc(NC3CCOCC3)nc(-c3ccc4c(c3)SCN4)n2)n[nH]1. The predicted molar refractivity (Wildman–Crippen MR) is 116 cm³/mol. The molecule has 29 heavy (non-hydrogen) atoms. The lowest BCUT2D eigenvalue weighted by molar-refractivity contribution is 0.0904. The highest BCUT2D eigenvalue weighted by Gasteiger charge is 2.17. The monoisotopic (exact) mass is 409 g/mol. The predicted octanol–water partition coefficient (Wildman–Crippen LogP) is 3.98. The van der Waals surface area contributed by atoms with Crippen molar-refractivity contribution in [3.8, 4) is 11.4 Å². The van der Waals surface area contributed by atoms with Crippen molar-refractivity contribution in [2.24, 2.45) is 0 Å². The molecular weight excluding hydrogens is 386 g/mol. The average molecular weight is 410 g/mol. The van der Waals surface area contributed by atoms with Crippen molar-refractivity contribution in [2.45, 2.75) is 30.7 Å². The zero-order valence-electron chi connectivity index (χ0n) is 16.2. The van der Waals surface area contributed by atoms with Gasteiger partial charge in [-0.2, -0.15) is 5.10 Å². The van der Waals surface area contributed by atoms with Gasteiger partial charge in [-0.3, -0.25) is 5.10 Å². The molecule has 4 N–H and O–H groups in total. The van der Waals surface area contributed by atoms with Gasteiger partial charge in [0.25, 0.3) is 0 Å². The van der Waals surface area contributed by atoms with E-state index < -0.39 is 0 Å². The number of aromatic amines is 1. The van der Waals surface area contributed by atoms with Gasteiger partial charge in [0.15, 0.2) is 11.6 Å². The lowest BCUT2D eigenvalue weighted by Gasteiger charge is -2.24. The summed E-state index contributed by atoms with van der Waals surface area (Å²) in [6.07, 6.45) is 1.95. The van der Waals surface area contributed by atoms with Crippen LogP contribution in [0.25, 0.3) is 11.4 Å². The van der Waals surface area contributed by atoms with Gasteiger partial charge in [-0.05, 0) is 38.0 Å². The van der Waals surface area contributed by atoms with Gasteiger partial charge in [-0.25, -0.2) is 9.97 Å². The summed E-state index contributed by atoms with van der Waals surface area (Å²) in [5.41, 5.74) is 3.16. The second-order valence-corrected chi connectivity index (χ2v) is 8.25. The van der Waals surface area contributed by atoms with E-state index >= 15 is 0 Å². The molecule has 0 radical (unpaired) electrons. The number of ether oxygens (including phenoxy) is 1. The van der Waals surface area contributed by atoms with Crippen LogP contribution in [0.1, 0.15) is 18.5 Å². The summed E-state index contributed by atoms with van der Waals surface area (Å²) < 4.78 is 5.47. The third-order valence-corrected chi connectivity index (χ3v) is 5.93. The number of fused-ring (bicyclic) bond motifs is 1. The number of hydrogen-bond acceptors (Lipinski definition) is 8. The highest BCUT2D eigenvalue weighted by Crippen LogP contribution is 2.36. The Morgan fingerprint density at radius 2 is 1.93 bits per heavy atom. The van der Waals surface area contributed by atoms with E-state index in [2.05, 4.69) is 44.3 Å². The van der Waals surface area contributed by atoms with Gasteiger partial charge in [-0.15, -0.1) is 11.8 Å². The Morgan fingerprint density at radius 3 is 2.76 bits per heavy atom. The molecule has 0 saturated carbocycles. The summed E-state index contributed by atoms with van der Waals surface area (Å²) >= 11 is 1.79. The Hall–Kier alpha value is -2.78. The zero-order chi connectivity index (χ0) is 19.6. The molecule has 0 aliphatic carbocycles. The quantitative estimate of drug-likeness (QED) is 0.502. The lowest BCUT2D eigenvalue weighted by Crippen LogP contribution is -2.28. The fraction of sp³-hybridized carbons (Fsp3) is 0.350. The van der Waals surface area contributed by atoms with E-state index in [0.717, 1.165) is 54.8 Å². The van der Waals surface area contributed by atoms with Crippen molar-refractivity contribution in [3.63, 3.8) is 0 Å². The number of nitrogens with zero attached hydrogens (tertiary/aromatic N) is 3. The highest BCUT2D eigenvalue weighted by molar-refractivity contribution is 7.99. The molecule has 2 aliphatic rings. The fourth-order valence-corrected chi connectivity index (χ4v) is 4.39. The topological polar surface area (TPSA) is 99.8 Å². The molecule has 8 nitrogen and oxygen atoms in total. The molecule has 2 aromatic heterocycles. The number of rotatable bonds is 5. The van der Waals surface area contributed by atoms with Crippen LogP contribution < -0.4 is 16.0 Å². The molecule has 1 saturated heterocycles. The van der Waals surface area contributed by atoms with Crippen LogP contribution >= 0.6 is 11.8 Å². The van der Waals surface area contributed by atoms with E-state index in [0.29, 0.717) is 17.7 Å². The largest absolute Gasteiger partial charge is 0.381 e. The maximum atomic E-state index is 5.47. The van der Waals surface area contributed by atoms with Gasteiger partial charge in [0.2, 0.25) is 0 Å². The molecule has 5 rings (SSSR count). The first kappa shape index (κ1) is 18.3. The van der Waals surface area contributed by atoms with Crippen molar-refractivity contribution in [1.29, 1.82) is 0 Å². The van der Waals surface area contributed by atoms with Crippen molar-refractivity contribution < 1.29 is 4.74 Å². The van der Waals surface area contributed by atoms with E-state index in [1.165, 1.54) is 10.6 Å². The minimum Gasteiger partial charge on any atom is -0.381 e. The first-order chi connectivity index (χ1) is 14.2. The van der Waals surface area contributed by atoms with Crippen LogP contribution in [0.15, 0.2) is 35.2 Å². The Bertz CT molecular complexity index is 1020. The molecule has 1 fully saturated rings. The summed E-state index contributed by atoms with van der Waals surface area (Å²) in [5, 5.41) is 17.4. The van der Waals surface area contributed by atoms with Crippen LogP contribution in [-0.4, -0.2) is 45.3 Å². The normalized spacial score (nSPS) is 16.3. The third kappa shape index (κ3) is 4.15. The second kappa shape index (κ2) is 7.92. The highest BCUT2D eigenvalue weighted by atomic mass is 32.2. The van der Waals surface area contributed by atoms with E-state index in [-0.39, 0.29) is 0 Å². The smallest absolute Gasteiger partial charge is 0.163 e. The van der Waals surface area contributed by atoms with Crippen LogP contribution in [0.2, 0.25) is 0 Å². The van der Waals surface area contributed by atoms with E-state index in [4.69, 9.17) is 14.7 Å². The van der Waals surface area contributed by atoms with Crippen molar-refractivity contribution in [2.75, 3.05) is 35.0 Å². The number of anilines is 4. The van der Waals surface area contributed by atoms with Crippen LogP contribution in [0.5, 0.6) is 0 Å². The summed E-state index contributed by atoms with van der Waals surface area (Å²) in [7, 11) is 0. The first-order valence-electron chi connectivity index (χ1n) is 9.76. The summed E-state index contributed by atoms with van der Waals surface area (Å²) in [5.74, 6) is 3.84. The van der Waals surface area contributed by atoms with Crippen LogP contribution in [0.3, 0.4) is 0 Å². The maximum Gasteiger partial charge on any atom is 0.163 e. The van der Waals surface area contributed by atoms with Crippen LogP contribution in [0, 0.1) is 6.92 Å². The fourth-order valence-electron chi connectivity index (χ4n) is 3.50. The van der Waals surface area contributed by atoms with E-state index in [9.17, 15) is 0 Å². The van der Waals surface area contributed by atoms with Crippen molar-refractivity contribution in [1.82, 2.24) is 20.2 Å². The lowest BCUT2D eigenvalue weighted by atomic mass is 10.1. The van der Waals surface area contributed by atoms with E-state index in [1.807, 2.05) is 19.1 Å². The number of H-pyrrole nitrogens is 1. The molecular formula is C20H23N7OS. The van der Waals surface area contributed by atoms with Gasteiger partial charge in [0.1, 0.15) is 11.6 Å². The first-order valence-corrected chi connectivity index (χ1v) is 10.7. The van der Waals surface area contributed by atoms with Gasteiger partial charge in [-0.1, -0.05) is 0 Å². The third-order valence-electron chi connectivity index (χ3n) is 4.99. The van der Waals surface area contributed by atoms with Crippen molar-refractivity contribution in [3.05, 3.63) is 36.0 Å². The number of aryl methyl sites for hydroxylation is 1. The molecule has 3 aromatic rings. The van der Waals surface area contributed by atoms with Gasteiger partial charge in [0.05, 0.1) is 5.88 Å². The molecule has 0 atom stereocenters. The molecule has 4 heterocycles. The Labute approximate surface area is 173 Å². The second-order valence-electron chi connectivity index (χ2n) is 7.23. The number of aromatic nitrogens is 4. The van der Waals surface area contributed by atoms with Gasteiger partial charge < -0.3 is 20.7 Å².